The quantitative estimate of drug-likeness (QED) is 0.726. The molecule has 0 spiro atoms. The first-order valence-electron chi connectivity index (χ1n) is 7.97. The highest BCUT2D eigenvalue weighted by Gasteiger charge is 2.38. The van der Waals surface area contributed by atoms with Crippen LogP contribution in [0.4, 0.5) is 0 Å². The normalized spacial score (nSPS) is 18.3. The van der Waals surface area contributed by atoms with Crippen molar-refractivity contribution in [2.24, 2.45) is 0 Å². The highest BCUT2D eigenvalue weighted by Crippen LogP contribution is 2.42. The predicted octanol–water partition coefficient (Wildman–Crippen LogP) is 3.99. The van der Waals surface area contributed by atoms with Crippen LogP contribution in [0.1, 0.15) is 24.4 Å². The van der Waals surface area contributed by atoms with Gasteiger partial charge in [-0.25, -0.2) is 8.42 Å². The molecule has 0 radical (unpaired) electrons. The van der Waals surface area contributed by atoms with Gasteiger partial charge in [-0.05, 0) is 59.1 Å². The number of rotatable bonds is 5. The molecule has 0 bridgehead atoms. The number of hydrogen-bond acceptors (Lipinski definition) is 4. The van der Waals surface area contributed by atoms with Gasteiger partial charge < -0.3 is 9.47 Å². The van der Waals surface area contributed by atoms with Gasteiger partial charge in [0.2, 0.25) is 10.0 Å². The zero-order valence-corrected chi connectivity index (χ0v) is 16.5. The van der Waals surface area contributed by atoms with E-state index in [2.05, 4.69) is 15.9 Å². The van der Waals surface area contributed by atoms with E-state index in [4.69, 9.17) is 9.47 Å². The van der Waals surface area contributed by atoms with Crippen molar-refractivity contribution in [1.29, 1.82) is 0 Å². The molecule has 7 heteroatoms. The number of hydrogen-bond donors (Lipinski definition) is 0. The molecule has 2 aromatic rings. The average molecular weight is 426 g/mol. The minimum atomic E-state index is -3.62. The van der Waals surface area contributed by atoms with Crippen molar-refractivity contribution in [3.8, 4) is 11.5 Å². The number of halogens is 1. The molecule has 0 saturated carbocycles. The van der Waals surface area contributed by atoms with Crippen molar-refractivity contribution >= 4 is 26.0 Å². The van der Waals surface area contributed by atoms with Crippen molar-refractivity contribution in [3.05, 3.63) is 52.5 Å². The molecule has 25 heavy (non-hydrogen) atoms. The number of methoxy groups -OCH3 is 2. The van der Waals surface area contributed by atoms with Gasteiger partial charge in [0.25, 0.3) is 0 Å². The number of benzene rings is 2. The van der Waals surface area contributed by atoms with Gasteiger partial charge in [0, 0.05) is 16.6 Å². The molecule has 1 saturated heterocycles. The minimum Gasteiger partial charge on any atom is -0.497 e. The number of ether oxygens (including phenoxy) is 2. The van der Waals surface area contributed by atoms with Gasteiger partial charge in [0.1, 0.15) is 11.5 Å². The largest absolute Gasteiger partial charge is 0.497 e. The van der Waals surface area contributed by atoms with Crippen molar-refractivity contribution in [2.45, 2.75) is 23.8 Å². The summed E-state index contributed by atoms with van der Waals surface area (Å²) < 4.78 is 39.3. The first-order chi connectivity index (χ1) is 12.0. The molecular weight excluding hydrogens is 406 g/mol. The summed E-state index contributed by atoms with van der Waals surface area (Å²) in [7, 11) is -0.438. The Kier molecular flexibility index (Phi) is 5.36. The summed E-state index contributed by atoms with van der Waals surface area (Å²) in [5.74, 6) is 1.35. The maximum atomic E-state index is 13.2. The minimum absolute atomic E-state index is 0.276. The van der Waals surface area contributed by atoms with Gasteiger partial charge in [-0.2, -0.15) is 4.31 Å². The monoisotopic (exact) mass is 425 g/mol. The van der Waals surface area contributed by atoms with E-state index in [0.29, 0.717) is 22.5 Å². The lowest BCUT2D eigenvalue weighted by atomic mass is 10.0. The second kappa shape index (κ2) is 7.35. The Morgan fingerprint density at radius 1 is 1.12 bits per heavy atom. The molecular formula is C18H20BrNO4S. The van der Waals surface area contributed by atoms with E-state index < -0.39 is 10.0 Å². The molecule has 3 rings (SSSR count). The molecule has 1 fully saturated rings. The molecule has 1 aliphatic rings. The molecule has 0 N–H and O–H groups in total. The molecule has 1 heterocycles. The van der Waals surface area contributed by atoms with E-state index in [1.54, 1.807) is 42.8 Å². The van der Waals surface area contributed by atoms with E-state index in [-0.39, 0.29) is 10.9 Å². The zero-order valence-electron chi connectivity index (χ0n) is 14.1. The van der Waals surface area contributed by atoms with Crippen LogP contribution in [0.2, 0.25) is 0 Å². The second-order valence-electron chi connectivity index (χ2n) is 5.81. The SMILES string of the molecule is COc1ccc(OC)c([C@H]2CCCN2S(=O)(=O)c2ccccc2Br)c1. The third kappa shape index (κ3) is 3.41. The maximum Gasteiger partial charge on any atom is 0.244 e. The Morgan fingerprint density at radius 3 is 2.56 bits per heavy atom. The van der Waals surface area contributed by atoms with Crippen LogP contribution in [-0.2, 0) is 10.0 Å². The van der Waals surface area contributed by atoms with Crippen LogP contribution in [0.15, 0.2) is 51.8 Å². The molecule has 0 amide bonds. The van der Waals surface area contributed by atoms with E-state index >= 15 is 0 Å². The molecule has 0 unspecified atom stereocenters. The fourth-order valence-electron chi connectivity index (χ4n) is 3.22. The van der Waals surface area contributed by atoms with Gasteiger partial charge >= 0.3 is 0 Å². The average Bonchev–Trinajstić information content (AvgIpc) is 3.11. The van der Waals surface area contributed by atoms with Gasteiger partial charge in [-0.3, -0.25) is 0 Å². The lowest BCUT2D eigenvalue weighted by molar-refractivity contribution is 0.361. The Labute approximate surface area is 156 Å². The lowest BCUT2D eigenvalue weighted by Gasteiger charge is -2.26. The Morgan fingerprint density at radius 2 is 1.88 bits per heavy atom. The zero-order chi connectivity index (χ0) is 18.0. The second-order valence-corrected chi connectivity index (χ2v) is 8.53. The molecule has 0 aromatic heterocycles. The van der Waals surface area contributed by atoms with Gasteiger partial charge in [0.15, 0.2) is 0 Å². The van der Waals surface area contributed by atoms with Crippen LogP contribution in [-0.4, -0.2) is 33.5 Å². The highest BCUT2D eigenvalue weighted by molar-refractivity contribution is 9.10. The summed E-state index contributed by atoms with van der Waals surface area (Å²) in [5.41, 5.74) is 0.829. The van der Waals surface area contributed by atoms with E-state index in [1.807, 2.05) is 18.2 Å². The number of nitrogens with zero attached hydrogens (tertiary/aromatic N) is 1. The van der Waals surface area contributed by atoms with Crippen LogP contribution in [0, 0.1) is 0 Å². The Hall–Kier alpha value is -1.57. The van der Waals surface area contributed by atoms with Crippen molar-refractivity contribution in [1.82, 2.24) is 4.31 Å². The molecule has 1 atom stereocenters. The van der Waals surface area contributed by atoms with Crippen LogP contribution in [0.5, 0.6) is 11.5 Å². The molecule has 134 valence electrons. The van der Waals surface area contributed by atoms with Crippen LogP contribution < -0.4 is 9.47 Å². The summed E-state index contributed by atoms with van der Waals surface area (Å²) in [6.45, 7) is 0.481. The summed E-state index contributed by atoms with van der Waals surface area (Å²) >= 11 is 3.36. The maximum absolute atomic E-state index is 13.2. The van der Waals surface area contributed by atoms with Gasteiger partial charge in [-0.15, -0.1) is 0 Å². The van der Waals surface area contributed by atoms with Crippen LogP contribution in [0.25, 0.3) is 0 Å². The van der Waals surface area contributed by atoms with Crippen LogP contribution in [0.3, 0.4) is 0 Å². The van der Waals surface area contributed by atoms with Crippen molar-refractivity contribution < 1.29 is 17.9 Å². The fourth-order valence-corrected chi connectivity index (χ4v) is 5.86. The lowest BCUT2D eigenvalue weighted by Crippen LogP contribution is -2.31. The number of sulfonamides is 1. The van der Waals surface area contributed by atoms with E-state index in [0.717, 1.165) is 18.4 Å². The Bertz CT molecular complexity index is 869. The van der Waals surface area contributed by atoms with Crippen LogP contribution >= 0.6 is 15.9 Å². The van der Waals surface area contributed by atoms with Crippen molar-refractivity contribution in [3.63, 3.8) is 0 Å². The fraction of sp³-hybridized carbons (Fsp3) is 0.333. The predicted molar refractivity (Wildman–Crippen MR) is 99.6 cm³/mol. The topological polar surface area (TPSA) is 55.8 Å². The standard InChI is InChI=1S/C18H20BrNO4S/c1-23-13-9-10-17(24-2)14(12-13)16-7-5-11-20(16)25(21,22)18-8-4-3-6-15(18)19/h3-4,6,8-10,12,16H,5,7,11H2,1-2H3/t16-/m1/s1. The summed E-state index contributed by atoms with van der Waals surface area (Å²) in [6.07, 6.45) is 1.54. The van der Waals surface area contributed by atoms with E-state index in [1.165, 1.54) is 0 Å². The van der Waals surface area contributed by atoms with E-state index in [9.17, 15) is 8.42 Å². The molecule has 5 nitrogen and oxygen atoms in total. The summed E-state index contributed by atoms with van der Waals surface area (Å²) in [4.78, 5) is 0.281. The first-order valence-corrected chi connectivity index (χ1v) is 10.2. The molecule has 0 aliphatic carbocycles. The summed E-state index contributed by atoms with van der Waals surface area (Å²) in [6, 6.07) is 12.1. The molecule has 1 aliphatic heterocycles. The highest BCUT2D eigenvalue weighted by atomic mass is 79.9. The molecule has 2 aromatic carbocycles. The Balaban J connectivity index is 2.06. The first kappa shape index (κ1) is 18.2. The van der Waals surface area contributed by atoms with Crippen molar-refractivity contribution in [2.75, 3.05) is 20.8 Å². The van der Waals surface area contributed by atoms with Gasteiger partial charge in [0.05, 0.1) is 25.2 Å². The summed E-state index contributed by atoms with van der Waals surface area (Å²) in [5, 5.41) is 0. The third-order valence-electron chi connectivity index (χ3n) is 4.42. The third-order valence-corrected chi connectivity index (χ3v) is 7.34. The smallest absolute Gasteiger partial charge is 0.244 e. The van der Waals surface area contributed by atoms with Gasteiger partial charge in [-0.1, -0.05) is 12.1 Å².